The standard InChI is InChI=1S/6CHN.Fe.K.H2O4S.Zn.H/c6*1-2;;;1-5(2,3)4;;/h6*1H;;;(H2,1,2,3,4);;. The van der Waals surface area contributed by atoms with E-state index in [1.807, 2.05) is 0 Å². The van der Waals surface area contributed by atoms with Gasteiger partial charge in [-0.15, -0.1) is 0 Å². The summed E-state index contributed by atoms with van der Waals surface area (Å²) in [6, 6.07) is 0. The maximum Gasteiger partial charge on any atom is 0 e. The summed E-state index contributed by atoms with van der Waals surface area (Å²) >= 11 is 0. The molecule has 0 heterocycles. The molecule has 0 aliphatic carbocycles. The Hall–Kier alpha value is -0.411. The van der Waals surface area contributed by atoms with Gasteiger partial charge in [0.25, 0.3) is 0 Å². The molecule has 10 nitrogen and oxygen atoms in total. The molecule has 0 saturated heterocycles. The number of hydrogen-bond acceptors (Lipinski definition) is 8. The van der Waals surface area contributed by atoms with E-state index in [-0.39, 0.29) is 87.9 Å². The first-order chi connectivity index (χ1) is 8.00. The number of hydrogen-bond donors (Lipinski definition) is 2. The first-order valence-corrected chi connectivity index (χ1v) is 3.64. The van der Waals surface area contributed by atoms with Crippen LogP contribution < -0.4 is 0 Å². The predicted molar refractivity (Wildman–Crippen MR) is 61.3 cm³/mol. The first kappa shape index (κ1) is 73.6. The molecule has 0 aliphatic heterocycles. The third-order valence-corrected chi connectivity index (χ3v) is 0. The molecule has 0 saturated carbocycles. The Morgan fingerprint density at radius 1 is 0.600 bits per heavy atom. The van der Waals surface area contributed by atoms with Gasteiger partial charge in [0, 0.05) is 76.0 Å². The van der Waals surface area contributed by atoms with Gasteiger partial charge in [0.2, 0.25) is 0 Å². The van der Waals surface area contributed by atoms with E-state index < -0.39 is 10.4 Å². The zero-order valence-corrected chi connectivity index (χ0v) is 14.2. The summed E-state index contributed by atoms with van der Waals surface area (Å²) in [6.45, 7) is 21.0. The predicted octanol–water partition coefficient (Wildman–Crippen LogP) is -0.468. The van der Waals surface area contributed by atoms with Crippen LogP contribution in [0.5, 0.6) is 0 Å². The second-order valence-corrected chi connectivity index (χ2v) is 1.34. The average Bonchev–Trinajstić information content (AvgIpc) is 2.41. The van der Waals surface area contributed by atoms with Crippen molar-refractivity contribution >= 4 is 61.8 Å². The van der Waals surface area contributed by atoms with E-state index in [9.17, 15) is 0 Å². The summed E-state index contributed by atoms with van der Waals surface area (Å²) in [6.07, 6.45) is 0. The van der Waals surface area contributed by atoms with E-state index in [4.69, 9.17) is 49.1 Å². The zero-order valence-electron chi connectivity index (χ0n) is 9.33. The molecular formula is C6H9FeKN6O4SZn. The first-order valence-electron chi connectivity index (χ1n) is 2.25. The summed E-state index contributed by atoms with van der Waals surface area (Å²) in [7, 11) is -4.67. The summed E-state index contributed by atoms with van der Waals surface area (Å²) in [4.78, 5) is 0. The van der Waals surface area contributed by atoms with Gasteiger partial charge in [-0.2, -0.15) is 8.42 Å². The van der Waals surface area contributed by atoms with Gasteiger partial charge >= 0.3 is 61.8 Å². The van der Waals surface area contributed by atoms with Crippen molar-refractivity contribution in [3.63, 3.8) is 0 Å². The van der Waals surface area contributed by atoms with E-state index in [1.165, 1.54) is 0 Å². The minimum absolute atomic E-state index is 0. The Bertz CT molecular complexity index is 271. The SMILES string of the molecule is C#N.C#N.C#N.C#N.C#N.C#N.O=S(=O)(O)O.[Fe].[KH].[Zn]. The molecule has 0 aromatic carbocycles. The Morgan fingerprint density at radius 2 is 0.600 bits per heavy atom. The minimum Gasteiger partial charge on any atom is 0 e. The molecule has 0 fully saturated rings. The molecule has 14 heteroatoms. The van der Waals surface area contributed by atoms with Gasteiger partial charge in [-0.3, -0.25) is 9.11 Å². The Morgan fingerprint density at radius 3 is 0.600 bits per heavy atom. The molecule has 0 bridgehead atoms. The third-order valence-electron chi connectivity index (χ3n) is 0. The fraction of sp³-hybridized carbons (Fsp3) is 0. The van der Waals surface area contributed by atoms with Crippen molar-refractivity contribution in [1.82, 2.24) is 0 Å². The Kier molecular flexibility index (Phi) is 678. The van der Waals surface area contributed by atoms with Crippen molar-refractivity contribution in [3.05, 3.63) is 0 Å². The molecule has 0 amide bonds. The van der Waals surface area contributed by atoms with Gasteiger partial charge in [-0.1, -0.05) is 0 Å². The van der Waals surface area contributed by atoms with Crippen LogP contribution in [0.15, 0.2) is 0 Å². The van der Waals surface area contributed by atoms with Crippen molar-refractivity contribution in [3.8, 4) is 39.4 Å². The monoisotopic (exact) mass is 420 g/mol. The molecule has 0 aromatic rings. The second-order valence-electron chi connectivity index (χ2n) is 0.448. The molecule has 0 spiro atoms. The van der Waals surface area contributed by atoms with Crippen LogP contribution >= 0.6 is 0 Å². The zero-order chi connectivity index (χ0) is 16.5. The summed E-state index contributed by atoms with van der Waals surface area (Å²) in [5.74, 6) is 0. The van der Waals surface area contributed by atoms with Gasteiger partial charge < -0.3 is 0 Å². The molecule has 0 aliphatic rings. The van der Waals surface area contributed by atoms with E-state index >= 15 is 0 Å². The summed E-state index contributed by atoms with van der Waals surface area (Å²) in [5, 5.41) is 39.0. The number of rotatable bonds is 0. The Labute approximate surface area is 184 Å². The van der Waals surface area contributed by atoms with E-state index in [1.54, 1.807) is 0 Å². The maximum atomic E-state index is 8.74. The molecule has 0 rings (SSSR count). The van der Waals surface area contributed by atoms with Gasteiger partial charge in [0.05, 0.1) is 0 Å². The second kappa shape index (κ2) is 184. The molecular weight excluding hydrogens is 413 g/mol. The summed E-state index contributed by atoms with van der Waals surface area (Å²) in [5.41, 5.74) is 0. The normalized spacial score (nSPS) is 3.50. The molecule has 0 aromatic heterocycles. The van der Waals surface area contributed by atoms with Gasteiger partial charge in [0.15, 0.2) is 0 Å². The number of nitrogens with zero attached hydrogens (tertiary/aromatic N) is 6. The van der Waals surface area contributed by atoms with Gasteiger partial charge in [0.1, 0.15) is 0 Å². The molecule has 0 atom stereocenters. The largest absolute Gasteiger partial charge is 0 e. The van der Waals surface area contributed by atoms with Crippen LogP contribution in [0.4, 0.5) is 0 Å². The molecule has 104 valence electrons. The quantitative estimate of drug-likeness (QED) is 0.378. The maximum absolute atomic E-state index is 8.74. The third kappa shape index (κ3) is 28700. The van der Waals surface area contributed by atoms with Crippen molar-refractivity contribution in [2.24, 2.45) is 0 Å². The van der Waals surface area contributed by atoms with Crippen LogP contribution in [0.25, 0.3) is 0 Å². The molecule has 0 radical (unpaired) electrons. The minimum atomic E-state index is -4.67. The van der Waals surface area contributed by atoms with Crippen LogP contribution in [-0.4, -0.2) is 68.9 Å². The fourth-order valence-electron chi connectivity index (χ4n) is 0. The van der Waals surface area contributed by atoms with Crippen LogP contribution in [0.1, 0.15) is 0 Å². The van der Waals surface area contributed by atoms with E-state index in [2.05, 4.69) is 39.4 Å². The van der Waals surface area contributed by atoms with Crippen molar-refractivity contribution in [2.45, 2.75) is 0 Å². The number of nitriles is 6. The Balaban J connectivity index is -0.00000000750. The van der Waals surface area contributed by atoms with Crippen LogP contribution in [0, 0.1) is 71.0 Å². The van der Waals surface area contributed by atoms with Crippen LogP contribution in [-0.2, 0) is 46.9 Å². The molecule has 0 unspecified atom stereocenters. The van der Waals surface area contributed by atoms with Crippen molar-refractivity contribution in [2.75, 3.05) is 0 Å². The van der Waals surface area contributed by atoms with Crippen LogP contribution in [0.2, 0.25) is 0 Å². The van der Waals surface area contributed by atoms with Crippen molar-refractivity contribution in [1.29, 1.82) is 31.6 Å². The summed E-state index contributed by atoms with van der Waals surface area (Å²) < 4.78 is 31.6. The smallest absolute Gasteiger partial charge is 0 e. The molecule has 2 N–H and O–H groups in total. The van der Waals surface area contributed by atoms with Gasteiger partial charge in [-0.05, 0) is 0 Å². The van der Waals surface area contributed by atoms with Gasteiger partial charge in [-0.25, -0.2) is 31.6 Å². The van der Waals surface area contributed by atoms with Crippen molar-refractivity contribution < 1.29 is 54.1 Å². The van der Waals surface area contributed by atoms with E-state index in [0.717, 1.165) is 0 Å². The topological polar surface area (TPSA) is 217 Å². The average molecular weight is 422 g/mol. The van der Waals surface area contributed by atoms with Crippen LogP contribution in [0.3, 0.4) is 0 Å². The molecule has 20 heavy (non-hydrogen) atoms. The van der Waals surface area contributed by atoms with E-state index in [0.29, 0.717) is 0 Å². The fourth-order valence-corrected chi connectivity index (χ4v) is 0.